The quantitative estimate of drug-likeness (QED) is 0.543. The molecule has 3 aromatic carbocycles. The molecule has 0 spiro atoms. The minimum Gasteiger partial charge on any atom is -0.406 e. The molecule has 1 heterocycles. The van der Waals surface area contributed by atoms with Crippen LogP contribution in [-0.2, 0) is 0 Å². The molecule has 0 saturated heterocycles. The van der Waals surface area contributed by atoms with Gasteiger partial charge in [-0.05, 0) is 22.9 Å². The van der Waals surface area contributed by atoms with Gasteiger partial charge < -0.3 is 9.72 Å². The Bertz CT molecular complexity index is 1030. The number of aromatic amines is 1. The third kappa shape index (κ3) is 2.67. The molecule has 1 N–H and O–H groups in total. The lowest BCUT2D eigenvalue weighted by Crippen LogP contribution is -2.16. The van der Waals surface area contributed by atoms with Crippen LogP contribution in [-0.4, -0.2) is 16.3 Å². The number of imidazole rings is 1. The van der Waals surface area contributed by atoms with Gasteiger partial charge in [-0.2, -0.15) is 0 Å². The monoisotopic (exact) mass is 328 g/mol. The van der Waals surface area contributed by atoms with Crippen LogP contribution in [0.3, 0.4) is 0 Å². The van der Waals surface area contributed by atoms with Crippen molar-refractivity contribution in [2.45, 2.75) is 6.36 Å². The summed E-state index contributed by atoms with van der Waals surface area (Å²) < 4.78 is 40.9. The van der Waals surface area contributed by atoms with E-state index in [-0.39, 0.29) is 5.75 Å². The summed E-state index contributed by atoms with van der Waals surface area (Å²) in [4.78, 5) is 7.57. The largest absolute Gasteiger partial charge is 0.573 e. The zero-order valence-corrected chi connectivity index (χ0v) is 12.3. The maximum absolute atomic E-state index is 12.3. The molecule has 0 radical (unpaired) electrons. The molecule has 0 bridgehead atoms. The van der Waals surface area contributed by atoms with Crippen LogP contribution in [0.4, 0.5) is 13.2 Å². The molecule has 4 rings (SSSR count). The van der Waals surface area contributed by atoms with Gasteiger partial charge in [-0.3, -0.25) is 0 Å². The third-order valence-corrected chi connectivity index (χ3v) is 3.73. The Balaban J connectivity index is 1.82. The van der Waals surface area contributed by atoms with Crippen molar-refractivity contribution in [2.75, 3.05) is 0 Å². The second kappa shape index (κ2) is 5.26. The number of halogens is 3. The molecule has 1 aromatic heterocycles. The van der Waals surface area contributed by atoms with Crippen LogP contribution in [0.1, 0.15) is 0 Å². The van der Waals surface area contributed by atoms with E-state index in [9.17, 15) is 13.2 Å². The van der Waals surface area contributed by atoms with E-state index in [0.29, 0.717) is 16.9 Å². The molecule has 120 valence electrons. The molecule has 0 aliphatic rings. The Morgan fingerprint density at radius 1 is 0.917 bits per heavy atom. The molecule has 0 unspecified atom stereocenters. The molecule has 4 aromatic rings. The average Bonchev–Trinajstić information content (AvgIpc) is 2.96. The highest BCUT2D eigenvalue weighted by Gasteiger charge is 2.31. The molecule has 0 saturated carbocycles. The van der Waals surface area contributed by atoms with Gasteiger partial charge in [0.05, 0.1) is 11.0 Å². The minimum atomic E-state index is -4.72. The van der Waals surface area contributed by atoms with Gasteiger partial charge in [0.15, 0.2) is 0 Å². The Kier molecular flexibility index (Phi) is 3.19. The van der Waals surface area contributed by atoms with Crippen molar-refractivity contribution in [3.8, 4) is 17.1 Å². The molecule has 0 amide bonds. The summed E-state index contributed by atoms with van der Waals surface area (Å²) in [5.41, 5.74) is 1.95. The van der Waals surface area contributed by atoms with Crippen LogP contribution < -0.4 is 4.74 Å². The van der Waals surface area contributed by atoms with Crippen LogP contribution in [0, 0.1) is 0 Å². The summed E-state index contributed by atoms with van der Waals surface area (Å²) in [6, 6.07) is 17.8. The fourth-order valence-corrected chi connectivity index (χ4v) is 2.74. The van der Waals surface area contributed by atoms with E-state index in [1.165, 1.54) is 18.2 Å². The summed E-state index contributed by atoms with van der Waals surface area (Å²) in [7, 11) is 0. The second-order valence-corrected chi connectivity index (χ2v) is 5.34. The first-order valence-electron chi connectivity index (χ1n) is 7.23. The molecule has 24 heavy (non-hydrogen) atoms. The summed E-state index contributed by atoms with van der Waals surface area (Å²) in [6.45, 7) is 0. The van der Waals surface area contributed by atoms with Crippen molar-refractivity contribution in [1.82, 2.24) is 9.97 Å². The van der Waals surface area contributed by atoms with Crippen molar-refractivity contribution < 1.29 is 17.9 Å². The maximum atomic E-state index is 12.3. The molecule has 0 aliphatic heterocycles. The predicted octanol–water partition coefficient (Wildman–Crippen LogP) is 5.28. The van der Waals surface area contributed by atoms with E-state index < -0.39 is 6.36 Å². The van der Waals surface area contributed by atoms with E-state index in [1.54, 1.807) is 0 Å². The van der Waals surface area contributed by atoms with Crippen molar-refractivity contribution >= 4 is 21.8 Å². The molecular weight excluding hydrogens is 317 g/mol. The Morgan fingerprint density at radius 3 is 2.54 bits per heavy atom. The van der Waals surface area contributed by atoms with Gasteiger partial charge in [0.2, 0.25) is 0 Å². The zero-order chi connectivity index (χ0) is 16.7. The van der Waals surface area contributed by atoms with Crippen LogP contribution in [0.2, 0.25) is 0 Å². The van der Waals surface area contributed by atoms with E-state index in [1.807, 2.05) is 42.5 Å². The van der Waals surface area contributed by atoms with Gasteiger partial charge >= 0.3 is 6.36 Å². The smallest absolute Gasteiger partial charge is 0.406 e. The zero-order valence-electron chi connectivity index (χ0n) is 12.3. The van der Waals surface area contributed by atoms with E-state index in [2.05, 4.69) is 14.7 Å². The van der Waals surface area contributed by atoms with Gasteiger partial charge in [-0.15, -0.1) is 13.2 Å². The average molecular weight is 328 g/mol. The van der Waals surface area contributed by atoms with E-state index in [4.69, 9.17) is 0 Å². The highest BCUT2D eigenvalue weighted by atomic mass is 19.4. The first-order valence-corrected chi connectivity index (χ1v) is 7.23. The summed E-state index contributed by atoms with van der Waals surface area (Å²) in [6.07, 6.45) is -4.72. The molecule has 6 heteroatoms. The third-order valence-electron chi connectivity index (χ3n) is 3.73. The number of ether oxygens (including phenoxy) is 1. The fraction of sp³-hybridized carbons (Fsp3) is 0.0556. The number of fused-ring (bicyclic) bond motifs is 2. The number of nitrogens with one attached hydrogen (secondary N) is 1. The fourth-order valence-electron chi connectivity index (χ4n) is 2.74. The lowest BCUT2D eigenvalue weighted by molar-refractivity contribution is -0.274. The standard InChI is InChI=1S/C18H11F3N2O/c19-18(20,21)24-12-8-9-15-16(10-12)23-17(22-15)14-7-3-5-11-4-1-2-6-13(11)14/h1-10H,(H,22,23). The van der Waals surface area contributed by atoms with Gasteiger partial charge in [0.25, 0.3) is 0 Å². The normalized spacial score (nSPS) is 12.0. The SMILES string of the molecule is FC(F)(F)Oc1ccc2[nH]c(-c3cccc4ccccc34)nc2c1. The summed E-state index contributed by atoms with van der Waals surface area (Å²) in [5, 5.41) is 2.09. The van der Waals surface area contributed by atoms with Crippen molar-refractivity contribution in [3.05, 3.63) is 60.7 Å². The number of nitrogens with zero attached hydrogens (tertiary/aromatic N) is 1. The van der Waals surface area contributed by atoms with Gasteiger partial charge in [0, 0.05) is 11.6 Å². The van der Waals surface area contributed by atoms with Crippen molar-refractivity contribution in [1.29, 1.82) is 0 Å². The van der Waals surface area contributed by atoms with E-state index in [0.717, 1.165) is 16.3 Å². The number of benzene rings is 3. The van der Waals surface area contributed by atoms with Crippen LogP contribution in [0.15, 0.2) is 60.7 Å². The number of hydrogen-bond acceptors (Lipinski definition) is 2. The Labute approximate surface area is 134 Å². The number of alkyl halides is 3. The van der Waals surface area contributed by atoms with Crippen molar-refractivity contribution in [2.24, 2.45) is 0 Å². The number of H-pyrrole nitrogens is 1. The van der Waals surface area contributed by atoms with Gasteiger partial charge in [-0.1, -0.05) is 42.5 Å². The van der Waals surface area contributed by atoms with Crippen molar-refractivity contribution in [3.63, 3.8) is 0 Å². The highest BCUT2D eigenvalue weighted by molar-refractivity contribution is 5.96. The first kappa shape index (κ1) is 14.6. The van der Waals surface area contributed by atoms with Gasteiger partial charge in [0.1, 0.15) is 11.6 Å². The van der Waals surface area contributed by atoms with Crippen LogP contribution in [0.25, 0.3) is 33.2 Å². The number of rotatable bonds is 2. The minimum absolute atomic E-state index is 0.286. The van der Waals surface area contributed by atoms with E-state index >= 15 is 0 Å². The predicted molar refractivity (Wildman–Crippen MR) is 85.7 cm³/mol. The van der Waals surface area contributed by atoms with Gasteiger partial charge in [-0.25, -0.2) is 4.98 Å². The van der Waals surface area contributed by atoms with Crippen LogP contribution >= 0.6 is 0 Å². The molecule has 3 nitrogen and oxygen atoms in total. The lowest BCUT2D eigenvalue weighted by Gasteiger charge is -2.07. The molecule has 0 atom stereocenters. The summed E-state index contributed by atoms with van der Waals surface area (Å²) >= 11 is 0. The molecular formula is C18H11F3N2O. The summed E-state index contributed by atoms with van der Waals surface area (Å²) in [5.74, 6) is 0.317. The topological polar surface area (TPSA) is 37.9 Å². The molecule has 0 aliphatic carbocycles. The second-order valence-electron chi connectivity index (χ2n) is 5.34. The first-order chi connectivity index (χ1) is 11.5. The number of aromatic nitrogens is 2. The van der Waals surface area contributed by atoms with Crippen LogP contribution in [0.5, 0.6) is 5.75 Å². The molecule has 0 fully saturated rings. The Morgan fingerprint density at radius 2 is 1.71 bits per heavy atom. The lowest BCUT2D eigenvalue weighted by atomic mass is 10.0. The Hall–Kier alpha value is -3.02. The number of hydrogen-bond donors (Lipinski definition) is 1. The highest BCUT2D eigenvalue weighted by Crippen LogP contribution is 2.30. The maximum Gasteiger partial charge on any atom is 0.573 e.